The van der Waals surface area contributed by atoms with Gasteiger partial charge in [-0.25, -0.2) is 0 Å². The average Bonchev–Trinajstić information content (AvgIpc) is 1.94. The Hall–Kier alpha value is 0.750. The summed E-state index contributed by atoms with van der Waals surface area (Å²) < 4.78 is 13.5. The van der Waals surface area contributed by atoms with Crippen molar-refractivity contribution in [2.45, 2.75) is 52.6 Å². The normalized spacial score (nSPS) is 13.5. The molecule has 0 N–H and O–H groups in total. The van der Waals surface area contributed by atoms with E-state index in [9.17, 15) is 0 Å². The Morgan fingerprint density at radius 1 is 0.786 bits per heavy atom. The second-order valence-corrected chi connectivity index (χ2v) is 11.8. The predicted molar refractivity (Wildman–Crippen MR) is 55.4 cm³/mol. The molecule has 0 rings (SSSR count). The van der Waals surface area contributed by atoms with Crippen molar-refractivity contribution in [2.24, 2.45) is 0 Å². The fraction of sp³-hybridized carbons (Fsp3) is 1.00. The van der Waals surface area contributed by atoms with Crippen LogP contribution in [-0.2, 0) is 28.3 Å². The molecule has 0 spiro atoms. The van der Waals surface area contributed by atoms with Gasteiger partial charge in [0.1, 0.15) is 0 Å². The van der Waals surface area contributed by atoms with E-state index in [4.69, 9.17) is 5.71 Å². The molecule has 0 heterocycles. The summed E-state index contributed by atoms with van der Waals surface area (Å²) in [5, 5.41) is 0. The summed E-state index contributed by atoms with van der Waals surface area (Å²) in [6.07, 6.45) is 0. The van der Waals surface area contributed by atoms with Gasteiger partial charge in [0.25, 0.3) is 0 Å². The minimum absolute atomic E-state index is 0.104. The van der Waals surface area contributed by atoms with Crippen LogP contribution in [0.15, 0.2) is 0 Å². The third-order valence-corrected chi connectivity index (χ3v) is 10.5. The fourth-order valence-electron chi connectivity index (χ4n) is 1.82. The van der Waals surface area contributed by atoms with Gasteiger partial charge in [-0.3, -0.25) is 0 Å². The van der Waals surface area contributed by atoms with Crippen molar-refractivity contribution in [3.63, 3.8) is 0 Å². The van der Waals surface area contributed by atoms with Crippen LogP contribution < -0.4 is 0 Å². The van der Waals surface area contributed by atoms with Crippen LogP contribution in [0.3, 0.4) is 0 Å². The molecule has 0 fully saturated rings. The maximum absolute atomic E-state index is 5.53. The number of hydrogen-bond donors (Lipinski definition) is 0. The first kappa shape index (κ1) is 14.8. The molecule has 0 aliphatic rings. The molecule has 4 heteroatoms. The van der Waals surface area contributed by atoms with Gasteiger partial charge in [0.2, 0.25) is 0 Å². The van der Waals surface area contributed by atoms with Gasteiger partial charge < -0.3 is 0 Å². The summed E-state index contributed by atoms with van der Waals surface area (Å²) >= 11 is -2.49. The van der Waals surface area contributed by atoms with Crippen molar-refractivity contribution in [2.75, 3.05) is 14.2 Å². The zero-order chi connectivity index (χ0) is 11.6. The predicted octanol–water partition coefficient (Wildman–Crippen LogP) is 2.54. The zero-order valence-corrected chi connectivity index (χ0v) is 14.4. The van der Waals surface area contributed by atoms with E-state index in [-0.39, 0.29) is 11.1 Å². The van der Waals surface area contributed by atoms with Crippen molar-refractivity contribution in [3.8, 4) is 0 Å². The van der Waals surface area contributed by atoms with Crippen LogP contribution in [0.25, 0.3) is 0 Å². The van der Waals surface area contributed by atoms with Crippen LogP contribution in [-0.4, -0.2) is 28.2 Å². The Morgan fingerprint density at radius 3 is 1.14 bits per heavy atom. The van der Waals surface area contributed by atoms with Crippen LogP contribution in [0.5, 0.6) is 0 Å². The quantitative estimate of drug-likeness (QED) is 0.715. The van der Waals surface area contributed by atoms with Crippen LogP contribution in [0.4, 0.5) is 0 Å². The van der Waals surface area contributed by atoms with E-state index in [0.29, 0.717) is 0 Å². The first-order valence-corrected chi connectivity index (χ1v) is 9.44. The first-order valence-electron chi connectivity index (χ1n) is 4.90. The van der Waals surface area contributed by atoms with Crippen LogP contribution in [0.2, 0.25) is 0 Å². The molecule has 85 valence electrons. The summed E-state index contributed by atoms with van der Waals surface area (Å²) in [6, 6.07) is 0. The first-order chi connectivity index (χ1) is 6.14. The number of hydrogen-bond acceptors (Lipinski definition) is 3. The van der Waals surface area contributed by atoms with Gasteiger partial charge in [0, 0.05) is 0 Å². The summed E-state index contributed by atoms with van der Waals surface area (Å²) in [5.74, 6) is 0. The molecule has 3 nitrogen and oxygen atoms in total. The standard InChI is InChI=1S/C8H18N.2CH3O.Hf/c1-7(2,3)9-8(4,5)6;2*1-2;/h1-6H3;2*1H3;/q3*-1;+3. The Labute approximate surface area is 97.9 Å². The average molecular weight is 369 g/mol. The molecular formula is C10H24HfNO2. The van der Waals surface area contributed by atoms with Crippen molar-refractivity contribution in [1.29, 1.82) is 0 Å². The van der Waals surface area contributed by atoms with Crippen molar-refractivity contribution in [1.82, 2.24) is 2.89 Å². The van der Waals surface area contributed by atoms with E-state index < -0.39 is 22.6 Å². The summed E-state index contributed by atoms with van der Waals surface area (Å²) in [5.41, 5.74) is 0.207. The third kappa shape index (κ3) is 4.09. The van der Waals surface area contributed by atoms with Crippen LogP contribution in [0.1, 0.15) is 41.5 Å². The SMILES string of the molecule is C[O][Hf]([O]C)[N](C(C)(C)C)C(C)(C)C. The van der Waals surface area contributed by atoms with Gasteiger partial charge in [-0.15, -0.1) is 0 Å². The van der Waals surface area contributed by atoms with E-state index >= 15 is 0 Å². The summed E-state index contributed by atoms with van der Waals surface area (Å²) in [4.78, 5) is 0. The second kappa shape index (κ2) is 5.19. The Bertz CT molecular complexity index is 154. The molecular weight excluding hydrogens is 345 g/mol. The number of rotatable bonds is 3. The van der Waals surface area contributed by atoms with Crippen molar-refractivity contribution < 1.29 is 28.3 Å². The summed E-state index contributed by atoms with van der Waals surface area (Å²) in [6.45, 7) is 13.3. The molecule has 0 aromatic heterocycles. The van der Waals surface area contributed by atoms with Gasteiger partial charge in [-0.05, 0) is 0 Å². The van der Waals surface area contributed by atoms with E-state index in [1.165, 1.54) is 0 Å². The molecule has 0 radical (unpaired) electrons. The Kier molecular flexibility index (Phi) is 5.47. The van der Waals surface area contributed by atoms with Crippen LogP contribution >= 0.6 is 0 Å². The monoisotopic (exact) mass is 370 g/mol. The Morgan fingerprint density at radius 2 is 1.07 bits per heavy atom. The van der Waals surface area contributed by atoms with E-state index in [1.807, 2.05) is 0 Å². The number of nitrogens with zero attached hydrogens (tertiary/aromatic N) is 1. The fourth-order valence-corrected chi connectivity index (χ4v) is 7.67. The molecule has 0 aliphatic heterocycles. The molecule has 0 atom stereocenters. The maximum atomic E-state index is 5.53. The van der Waals surface area contributed by atoms with E-state index in [1.54, 1.807) is 14.2 Å². The molecule has 0 aromatic rings. The minimum atomic E-state index is -2.49. The van der Waals surface area contributed by atoms with Crippen molar-refractivity contribution in [3.05, 3.63) is 0 Å². The van der Waals surface area contributed by atoms with Gasteiger partial charge in [-0.1, -0.05) is 0 Å². The van der Waals surface area contributed by atoms with Gasteiger partial charge in [0.15, 0.2) is 0 Å². The van der Waals surface area contributed by atoms with Crippen molar-refractivity contribution >= 4 is 0 Å². The molecule has 14 heavy (non-hydrogen) atoms. The third-order valence-electron chi connectivity index (χ3n) is 1.87. The van der Waals surface area contributed by atoms with Gasteiger partial charge in [-0.2, -0.15) is 0 Å². The Balaban J connectivity index is 4.91. The van der Waals surface area contributed by atoms with Gasteiger partial charge >= 0.3 is 98.0 Å². The van der Waals surface area contributed by atoms with E-state index in [2.05, 4.69) is 44.4 Å². The molecule has 0 aliphatic carbocycles. The molecule has 0 bridgehead atoms. The second-order valence-electron chi connectivity index (χ2n) is 5.35. The van der Waals surface area contributed by atoms with Gasteiger partial charge in [0.05, 0.1) is 0 Å². The molecule has 0 saturated carbocycles. The summed E-state index contributed by atoms with van der Waals surface area (Å²) in [7, 11) is 3.52. The molecule has 0 unspecified atom stereocenters. The molecule has 0 aromatic carbocycles. The zero-order valence-electron chi connectivity index (χ0n) is 10.8. The van der Waals surface area contributed by atoms with Crippen LogP contribution in [0, 0.1) is 0 Å². The topological polar surface area (TPSA) is 21.7 Å². The van der Waals surface area contributed by atoms with E-state index in [0.717, 1.165) is 0 Å². The molecule has 0 saturated heterocycles. The molecule has 0 amide bonds.